The van der Waals surface area contributed by atoms with E-state index in [1.807, 2.05) is 0 Å². The molecule has 1 saturated carbocycles. The van der Waals surface area contributed by atoms with Crippen molar-refractivity contribution in [2.24, 2.45) is 5.92 Å². The summed E-state index contributed by atoms with van der Waals surface area (Å²) in [5, 5.41) is 2.76. The Balaban J connectivity index is 1.59. The van der Waals surface area contributed by atoms with Crippen molar-refractivity contribution in [3.63, 3.8) is 0 Å². The fraction of sp³-hybridized carbons (Fsp3) is 0.875. The van der Waals surface area contributed by atoms with Crippen LogP contribution >= 0.6 is 0 Å². The molecule has 0 spiro atoms. The quantitative estimate of drug-likeness (QED) is 0.809. The summed E-state index contributed by atoms with van der Waals surface area (Å²) in [6, 6.07) is 0.448. The lowest BCUT2D eigenvalue weighted by Gasteiger charge is -2.44. The van der Waals surface area contributed by atoms with Crippen LogP contribution in [0.15, 0.2) is 0 Å². The lowest BCUT2D eigenvalue weighted by atomic mass is 9.78. The number of hydrogen-bond acceptors (Lipinski definition) is 3. The van der Waals surface area contributed by atoms with Crippen LogP contribution in [0.1, 0.15) is 52.4 Å². The molecule has 2 unspecified atom stereocenters. The van der Waals surface area contributed by atoms with Crippen molar-refractivity contribution in [3.05, 3.63) is 0 Å². The Labute approximate surface area is 127 Å². The monoisotopic (exact) mass is 293 g/mol. The lowest BCUT2D eigenvalue weighted by molar-refractivity contribution is -0.130. The molecule has 3 amide bonds. The molecular formula is C16H27N3O2. The van der Waals surface area contributed by atoms with Crippen molar-refractivity contribution in [1.29, 1.82) is 0 Å². The first-order valence-electron chi connectivity index (χ1n) is 8.37. The molecule has 1 aliphatic carbocycles. The van der Waals surface area contributed by atoms with Crippen molar-refractivity contribution in [1.82, 2.24) is 15.1 Å². The predicted molar refractivity (Wildman–Crippen MR) is 80.9 cm³/mol. The molecule has 2 saturated heterocycles. The van der Waals surface area contributed by atoms with Gasteiger partial charge in [0.1, 0.15) is 5.54 Å². The Morgan fingerprint density at radius 3 is 2.52 bits per heavy atom. The van der Waals surface area contributed by atoms with Crippen LogP contribution in [0.3, 0.4) is 0 Å². The van der Waals surface area contributed by atoms with E-state index in [2.05, 4.69) is 10.2 Å². The fourth-order valence-electron chi connectivity index (χ4n) is 4.25. The van der Waals surface area contributed by atoms with Crippen LogP contribution in [0, 0.1) is 5.92 Å². The Morgan fingerprint density at radius 1 is 1.10 bits per heavy atom. The summed E-state index contributed by atoms with van der Waals surface area (Å²) in [5.74, 6) is 0.747. The number of imide groups is 1. The second-order valence-electron chi connectivity index (χ2n) is 7.30. The summed E-state index contributed by atoms with van der Waals surface area (Å²) in [6.45, 7) is 6.01. The number of nitrogens with one attached hydrogen (secondary N) is 1. The standard InChI is InChI=1S/C16H27N3O2/c1-16(2)14(20)19(15(21)17-16)11-10-18-9-5-7-12-6-3-4-8-13(12)18/h12-13H,3-11H2,1-2H3,(H,17,21). The maximum absolute atomic E-state index is 12.2. The van der Waals surface area contributed by atoms with Crippen LogP contribution in [0.2, 0.25) is 0 Å². The van der Waals surface area contributed by atoms with Crippen molar-refractivity contribution in [2.45, 2.75) is 64.0 Å². The van der Waals surface area contributed by atoms with Gasteiger partial charge in [-0.15, -0.1) is 0 Å². The number of piperidine rings is 1. The van der Waals surface area contributed by atoms with Crippen LogP contribution in [-0.4, -0.2) is 53.0 Å². The minimum absolute atomic E-state index is 0.0929. The van der Waals surface area contributed by atoms with Crippen LogP contribution in [0.4, 0.5) is 4.79 Å². The zero-order chi connectivity index (χ0) is 15.0. The van der Waals surface area contributed by atoms with E-state index in [-0.39, 0.29) is 11.9 Å². The molecule has 1 N–H and O–H groups in total. The predicted octanol–water partition coefficient (Wildman–Crippen LogP) is 1.97. The highest BCUT2D eigenvalue weighted by molar-refractivity contribution is 6.06. The van der Waals surface area contributed by atoms with Crippen LogP contribution < -0.4 is 5.32 Å². The number of urea groups is 1. The molecule has 0 aromatic rings. The van der Waals surface area contributed by atoms with Gasteiger partial charge in [0.05, 0.1) is 0 Å². The Kier molecular flexibility index (Phi) is 3.95. The lowest BCUT2D eigenvalue weighted by Crippen LogP contribution is -2.50. The molecule has 3 rings (SSSR count). The van der Waals surface area contributed by atoms with Gasteiger partial charge in [-0.25, -0.2) is 4.79 Å². The molecule has 21 heavy (non-hydrogen) atoms. The van der Waals surface area contributed by atoms with Gasteiger partial charge in [-0.1, -0.05) is 12.8 Å². The van der Waals surface area contributed by atoms with Crippen molar-refractivity contribution in [3.8, 4) is 0 Å². The zero-order valence-electron chi connectivity index (χ0n) is 13.2. The highest BCUT2D eigenvalue weighted by Crippen LogP contribution is 2.35. The molecule has 2 atom stereocenters. The number of hydrogen-bond donors (Lipinski definition) is 1. The maximum atomic E-state index is 12.2. The van der Waals surface area contributed by atoms with Gasteiger partial charge in [0.2, 0.25) is 0 Å². The minimum atomic E-state index is -0.744. The van der Waals surface area contributed by atoms with Crippen molar-refractivity contribution >= 4 is 11.9 Å². The third kappa shape index (κ3) is 2.80. The Hall–Kier alpha value is -1.10. The molecule has 0 radical (unpaired) electrons. The van der Waals surface area contributed by atoms with E-state index in [0.717, 1.165) is 19.0 Å². The number of nitrogens with zero attached hydrogens (tertiary/aromatic N) is 2. The second-order valence-corrected chi connectivity index (χ2v) is 7.30. The van der Waals surface area contributed by atoms with E-state index in [9.17, 15) is 9.59 Å². The van der Waals surface area contributed by atoms with E-state index < -0.39 is 5.54 Å². The minimum Gasteiger partial charge on any atom is -0.324 e. The summed E-state index contributed by atoms with van der Waals surface area (Å²) >= 11 is 0. The van der Waals surface area contributed by atoms with E-state index >= 15 is 0 Å². The van der Waals surface area contributed by atoms with Crippen LogP contribution in [0.25, 0.3) is 0 Å². The van der Waals surface area contributed by atoms with E-state index in [1.54, 1.807) is 13.8 Å². The fourth-order valence-corrected chi connectivity index (χ4v) is 4.25. The number of likely N-dealkylation sites (tertiary alicyclic amines) is 1. The van der Waals surface area contributed by atoms with Gasteiger partial charge >= 0.3 is 6.03 Å². The molecule has 118 valence electrons. The molecule has 2 heterocycles. The van der Waals surface area contributed by atoms with Gasteiger partial charge < -0.3 is 5.32 Å². The molecule has 2 aliphatic heterocycles. The number of carbonyl (C=O) groups excluding carboxylic acids is 2. The largest absolute Gasteiger partial charge is 0.325 e. The van der Waals surface area contributed by atoms with Crippen LogP contribution in [0.5, 0.6) is 0 Å². The molecule has 5 heteroatoms. The van der Waals surface area contributed by atoms with Crippen LogP contribution in [-0.2, 0) is 4.79 Å². The number of rotatable bonds is 3. The first-order valence-corrected chi connectivity index (χ1v) is 8.37. The molecule has 0 aromatic heterocycles. The van der Waals surface area contributed by atoms with E-state index in [0.29, 0.717) is 12.6 Å². The Morgan fingerprint density at radius 2 is 1.81 bits per heavy atom. The Bertz CT molecular complexity index is 433. The highest BCUT2D eigenvalue weighted by atomic mass is 16.2. The zero-order valence-corrected chi connectivity index (χ0v) is 13.2. The topological polar surface area (TPSA) is 52.7 Å². The van der Waals surface area contributed by atoms with Gasteiger partial charge in [-0.3, -0.25) is 14.6 Å². The van der Waals surface area contributed by atoms with Crippen molar-refractivity contribution < 1.29 is 9.59 Å². The average molecular weight is 293 g/mol. The van der Waals surface area contributed by atoms with Gasteiger partial charge in [-0.05, 0) is 52.0 Å². The summed E-state index contributed by atoms with van der Waals surface area (Å²) in [7, 11) is 0. The van der Waals surface area contributed by atoms with E-state index in [4.69, 9.17) is 0 Å². The van der Waals surface area contributed by atoms with Crippen molar-refractivity contribution in [2.75, 3.05) is 19.6 Å². The molecule has 0 bridgehead atoms. The normalized spacial score (nSPS) is 33.0. The van der Waals surface area contributed by atoms with E-state index in [1.165, 1.54) is 43.4 Å². The SMILES string of the molecule is CC1(C)NC(=O)N(CCN2CCCC3CCCCC32)C1=O. The summed E-state index contributed by atoms with van der Waals surface area (Å²) in [6.07, 6.45) is 7.96. The first-order chi connectivity index (χ1) is 9.99. The third-order valence-corrected chi connectivity index (χ3v) is 5.41. The second kappa shape index (κ2) is 5.59. The number of carbonyl (C=O) groups is 2. The summed E-state index contributed by atoms with van der Waals surface area (Å²) in [5.41, 5.74) is -0.744. The maximum Gasteiger partial charge on any atom is 0.325 e. The molecule has 0 aromatic carbocycles. The molecule has 3 aliphatic rings. The average Bonchev–Trinajstić information content (AvgIpc) is 2.65. The van der Waals surface area contributed by atoms with Gasteiger partial charge in [0, 0.05) is 19.1 Å². The smallest absolute Gasteiger partial charge is 0.324 e. The molecule has 3 fully saturated rings. The third-order valence-electron chi connectivity index (χ3n) is 5.41. The number of amides is 3. The molecular weight excluding hydrogens is 266 g/mol. The number of fused-ring (bicyclic) bond motifs is 1. The van der Waals surface area contributed by atoms with Gasteiger partial charge in [0.15, 0.2) is 0 Å². The summed E-state index contributed by atoms with van der Waals surface area (Å²) < 4.78 is 0. The van der Waals surface area contributed by atoms with Gasteiger partial charge in [-0.2, -0.15) is 0 Å². The first kappa shape index (κ1) is 14.8. The molecule has 5 nitrogen and oxygen atoms in total. The van der Waals surface area contributed by atoms with Gasteiger partial charge in [0.25, 0.3) is 5.91 Å². The summed E-state index contributed by atoms with van der Waals surface area (Å²) in [4.78, 5) is 28.1. The highest BCUT2D eigenvalue weighted by Gasteiger charge is 2.44.